The van der Waals surface area contributed by atoms with Crippen LogP contribution in [0, 0.1) is 0 Å². The van der Waals surface area contributed by atoms with Gasteiger partial charge in [-0.25, -0.2) is 14.8 Å². The molecule has 0 atom stereocenters. The summed E-state index contributed by atoms with van der Waals surface area (Å²) in [6.45, 7) is 0. The van der Waals surface area contributed by atoms with Gasteiger partial charge in [-0.1, -0.05) is 23.5 Å². The van der Waals surface area contributed by atoms with E-state index in [1.165, 1.54) is 30.7 Å². The van der Waals surface area contributed by atoms with Crippen LogP contribution in [-0.4, -0.2) is 23.0 Å². The number of carbonyl (C=O) groups excluding carboxylic acids is 1. The second-order valence-corrected chi connectivity index (χ2v) is 5.25. The maximum Gasteiger partial charge on any atom is 0.340 e. The van der Waals surface area contributed by atoms with E-state index in [9.17, 15) is 4.79 Å². The van der Waals surface area contributed by atoms with Crippen molar-refractivity contribution < 1.29 is 9.53 Å². The first-order chi connectivity index (χ1) is 10.2. The standard InChI is InChI=1S/C14H12N4O2S/c1-20-13(19)8-6-7-16-12(11(8)15)18-14-17-9-4-2-3-5-10(9)21-14/h2-7H,15H2,1H3,(H,16,17,18). The highest BCUT2D eigenvalue weighted by atomic mass is 32.1. The molecule has 3 aromatic rings. The van der Waals surface area contributed by atoms with Gasteiger partial charge in [-0.3, -0.25) is 0 Å². The molecule has 106 valence electrons. The van der Waals surface area contributed by atoms with Gasteiger partial charge in [0.1, 0.15) is 0 Å². The Morgan fingerprint density at radius 1 is 1.33 bits per heavy atom. The van der Waals surface area contributed by atoms with Crippen molar-refractivity contribution in [1.29, 1.82) is 0 Å². The summed E-state index contributed by atoms with van der Waals surface area (Å²) in [6.07, 6.45) is 1.50. The first kappa shape index (κ1) is 13.3. The first-order valence-corrected chi connectivity index (χ1v) is 6.96. The number of nitrogens with zero attached hydrogens (tertiary/aromatic N) is 2. The van der Waals surface area contributed by atoms with Crippen LogP contribution in [0.3, 0.4) is 0 Å². The summed E-state index contributed by atoms with van der Waals surface area (Å²) in [5.41, 5.74) is 7.36. The van der Waals surface area contributed by atoms with Gasteiger partial charge in [0, 0.05) is 6.20 Å². The maximum atomic E-state index is 11.6. The second-order valence-electron chi connectivity index (χ2n) is 4.22. The zero-order valence-electron chi connectivity index (χ0n) is 11.2. The molecule has 2 heterocycles. The van der Waals surface area contributed by atoms with Gasteiger partial charge in [0.2, 0.25) is 0 Å². The van der Waals surface area contributed by atoms with Crippen LogP contribution >= 0.6 is 11.3 Å². The number of carbonyl (C=O) groups is 1. The van der Waals surface area contributed by atoms with Crippen LogP contribution in [0.5, 0.6) is 0 Å². The first-order valence-electron chi connectivity index (χ1n) is 6.14. The number of methoxy groups -OCH3 is 1. The number of hydrogen-bond acceptors (Lipinski definition) is 7. The normalized spacial score (nSPS) is 10.5. The molecule has 7 heteroatoms. The Morgan fingerprint density at radius 2 is 2.14 bits per heavy atom. The van der Waals surface area contributed by atoms with E-state index in [1.807, 2.05) is 24.3 Å². The number of nitrogens with one attached hydrogen (secondary N) is 1. The molecule has 0 saturated carbocycles. The van der Waals surface area contributed by atoms with Gasteiger partial charge in [0.05, 0.1) is 28.6 Å². The number of rotatable bonds is 3. The number of aromatic nitrogens is 2. The Balaban J connectivity index is 1.96. The van der Waals surface area contributed by atoms with Gasteiger partial charge in [0.15, 0.2) is 10.9 Å². The van der Waals surface area contributed by atoms with Crippen molar-refractivity contribution >= 4 is 44.2 Å². The molecule has 21 heavy (non-hydrogen) atoms. The topological polar surface area (TPSA) is 90.1 Å². The molecule has 0 bridgehead atoms. The van der Waals surface area contributed by atoms with E-state index in [2.05, 4.69) is 20.0 Å². The Bertz CT molecular complexity index is 783. The molecule has 2 aromatic heterocycles. The monoisotopic (exact) mass is 300 g/mol. The van der Waals surface area contributed by atoms with Crippen molar-refractivity contribution in [3.8, 4) is 0 Å². The number of anilines is 3. The van der Waals surface area contributed by atoms with Crippen LogP contribution in [-0.2, 0) is 4.74 Å². The SMILES string of the molecule is COC(=O)c1ccnc(Nc2nc3ccccc3s2)c1N. The molecule has 0 aliphatic rings. The van der Waals surface area contributed by atoms with Crippen molar-refractivity contribution in [1.82, 2.24) is 9.97 Å². The molecule has 3 rings (SSSR count). The van der Waals surface area contributed by atoms with Gasteiger partial charge in [-0.15, -0.1) is 0 Å². The average molecular weight is 300 g/mol. The van der Waals surface area contributed by atoms with Crippen LogP contribution in [0.1, 0.15) is 10.4 Å². The van der Waals surface area contributed by atoms with Gasteiger partial charge < -0.3 is 15.8 Å². The van der Waals surface area contributed by atoms with Crippen molar-refractivity contribution in [2.75, 3.05) is 18.2 Å². The third-order valence-corrected chi connectivity index (χ3v) is 3.87. The Labute approximate surface area is 124 Å². The molecule has 0 fully saturated rings. The van der Waals surface area contributed by atoms with Crippen LogP contribution in [0.4, 0.5) is 16.6 Å². The molecule has 0 amide bonds. The Hall–Kier alpha value is -2.67. The fourth-order valence-corrected chi connectivity index (χ4v) is 2.75. The second kappa shape index (κ2) is 5.37. The number of fused-ring (bicyclic) bond motifs is 1. The summed E-state index contributed by atoms with van der Waals surface area (Å²) in [6, 6.07) is 9.31. The number of pyridine rings is 1. The Kier molecular flexibility index (Phi) is 3.41. The summed E-state index contributed by atoms with van der Waals surface area (Å²) in [5.74, 6) is -0.112. The minimum atomic E-state index is -0.498. The molecule has 0 aliphatic carbocycles. The van der Waals surface area contributed by atoms with Crippen molar-refractivity contribution in [2.24, 2.45) is 0 Å². The van der Waals surface area contributed by atoms with Crippen molar-refractivity contribution in [3.05, 3.63) is 42.1 Å². The van der Waals surface area contributed by atoms with E-state index in [0.717, 1.165) is 10.2 Å². The van der Waals surface area contributed by atoms with E-state index >= 15 is 0 Å². The molecule has 3 N–H and O–H groups in total. The average Bonchev–Trinajstić information content (AvgIpc) is 2.91. The third-order valence-electron chi connectivity index (χ3n) is 2.91. The number of nitrogen functional groups attached to an aromatic ring is 1. The zero-order valence-corrected chi connectivity index (χ0v) is 12.0. The Morgan fingerprint density at radius 3 is 2.90 bits per heavy atom. The maximum absolute atomic E-state index is 11.6. The predicted molar refractivity (Wildman–Crippen MR) is 82.9 cm³/mol. The fourth-order valence-electron chi connectivity index (χ4n) is 1.89. The molecule has 1 aromatic carbocycles. The number of thiazole rings is 1. The van der Waals surface area contributed by atoms with Crippen LogP contribution in [0.25, 0.3) is 10.2 Å². The molecule has 6 nitrogen and oxygen atoms in total. The predicted octanol–water partition coefficient (Wildman–Crippen LogP) is 2.80. The van der Waals surface area contributed by atoms with Crippen LogP contribution < -0.4 is 11.1 Å². The summed E-state index contributed by atoms with van der Waals surface area (Å²) in [5, 5.41) is 3.71. The summed E-state index contributed by atoms with van der Waals surface area (Å²) in [7, 11) is 1.31. The van der Waals surface area contributed by atoms with E-state index in [0.29, 0.717) is 10.9 Å². The molecule has 0 aliphatic heterocycles. The minimum Gasteiger partial charge on any atom is -0.465 e. The number of ether oxygens (including phenoxy) is 1. The fraction of sp³-hybridized carbons (Fsp3) is 0.0714. The number of esters is 1. The molecule has 0 radical (unpaired) electrons. The van der Waals surface area contributed by atoms with E-state index in [4.69, 9.17) is 5.73 Å². The highest BCUT2D eigenvalue weighted by Gasteiger charge is 2.15. The lowest BCUT2D eigenvalue weighted by Crippen LogP contribution is -2.08. The van der Waals surface area contributed by atoms with Crippen molar-refractivity contribution in [2.45, 2.75) is 0 Å². The molecule has 0 spiro atoms. The molecule has 0 unspecified atom stereocenters. The summed E-state index contributed by atoms with van der Waals surface area (Å²) in [4.78, 5) is 20.2. The van der Waals surface area contributed by atoms with Gasteiger partial charge in [0.25, 0.3) is 0 Å². The lowest BCUT2D eigenvalue weighted by molar-refractivity contribution is 0.0602. The van der Waals surface area contributed by atoms with Crippen LogP contribution in [0.2, 0.25) is 0 Å². The minimum absolute atomic E-state index is 0.239. The summed E-state index contributed by atoms with van der Waals surface area (Å²) >= 11 is 1.49. The van der Waals surface area contributed by atoms with E-state index in [-0.39, 0.29) is 11.3 Å². The van der Waals surface area contributed by atoms with E-state index < -0.39 is 5.97 Å². The lowest BCUT2D eigenvalue weighted by atomic mass is 10.2. The number of para-hydroxylation sites is 1. The quantitative estimate of drug-likeness (QED) is 0.723. The zero-order chi connectivity index (χ0) is 14.8. The highest BCUT2D eigenvalue weighted by molar-refractivity contribution is 7.22. The van der Waals surface area contributed by atoms with Gasteiger partial charge >= 0.3 is 5.97 Å². The third kappa shape index (κ3) is 2.50. The largest absolute Gasteiger partial charge is 0.465 e. The highest BCUT2D eigenvalue weighted by Crippen LogP contribution is 2.30. The van der Waals surface area contributed by atoms with Gasteiger partial charge in [-0.05, 0) is 18.2 Å². The number of benzene rings is 1. The smallest absolute Gasteiger partial charge is 0.340 e. The van der Waals surface area contributed by atoms with Crippen LogP contribution in [0.15, 0.2) is 36.5 Å². The number of nitrogens with two attached hydrogens (primary N) is 1. The van der Waals surface area contributed by atoms with Crippen molar-refractivity contribution in [3.63, 3.8) is 0 Å². The lowest BCUT2D eigenvalue weighted by Gasteiger charge is -2.08. The van der Waals surface area contributed by atoms with E-state index in [1.54, 1.807) is 0 Å². The molecule has 0 saturated heterocycles. The number of hydrogen-bond donors (Lipinski definition) is 2. The van der Waals surface area contributed by atoms with Gasteiger partial charge in [-0.2, -0.15) is 0 Å². The summed E-state index contributed by atoms with van der Waals surface area (Å²) < 4.78 is 5.74. The molecular formula is C14H12N4O2S. The molecular weight excluding hydrogens is 288 g/mol.